The highest BCUT2D eigenvalue weighted by molar-refractivity contribution is 6.32. The summed E-state index contributed by atoms with van der Waals surface area (Å²) in [5.74, 6) is -4.40. The maximum absolute atomic E-state index is 13.7. The molecule has 5 atom stereocenters. The van der Waals surface area contributed by atoms with Crippen LogP contribution in [0.1, 0.15) is 11.1 Å². The molecule has 2 aromatic rings. The SMILES string of the molecule is O=C(O)[C@@H]1[C@@H]2C=C[C@]3(O2)[C@H](C(=O)NCc2ccccc2)N(c2cccc(Cl)c2CO)C(=O)[C@@H]13. The summed E-state index contributed by atoms with van der Waals surface area (Å²) in [6.45, 7) is -0.243. The van der Waals surface area contributed by atoms with Crippen molar-refractivity contribution in [3.63, 3.8) is 0 Å². The van der Waals surface area contributed by atoms with Crippen LogP contribution in [0.25, 0.3) is 0 Å². The largest absolute Gasteiger partial charge is 0.481 e. The number of aliphatic hydroxyl groups is 1. The van der Waals surface area contributed by atoms with Crippen LogP contribution in [0, 0.1) is 11.8 Å². The predicted octanol–water partition coefficient (Wildman–Crippen LogP) is 1.89. The first-order valence-corrected chi connectivity index (χ1v) is 10.9. The molecule has 2 aromatic carbocycles. The van der Waals surface area contributed by atoms with E-state index in [0.29, 0.717) is 0 Å². The van der Waals surface area contributed by atoms with Gasteiger partial charge in [0.05, 0.1) is 24.3 Å². The lowest BCUT2D eigenvalue weighted by molar-refractivity contribution is -0.146. The molecule has 3 heterocycles. The second-order valence-corrected chi connectivity index (χ2v) is 8.75. The van der Waals surface area contributed by atoms with Crippen molar-refractivity contribution in [3.8, 4) is 0 Å². The first kappa shape index (κ1) is 21.6. The number of aliphatic carboxylic acids is 1. The highest BCUT2D eigenvalue weighted by Gasteiger charge is 2.73. The number of hydrogen-bond acceptors (Lipinski definition) is 5. The monoisotopic (exact) mass is 468 g/mol. The number of nitrogens with one attached hydrogen (secondary N) is 1. The summed E-state index contributed by atoms with van der Waals surface area (Å²) in [5, 5.41) is 22.9. The topological polar surface area (TPSA) is 116 Å². The molecule has 3 aliphatic rings. The highest BCUT2D eigenvalue weighted by atomic mass is 35.5. The van der Waals surface area contributed by atoms with Crippen LogP contribution in [0.4, 0.5) is 5.69 Å². The minimum atomic E-state index is -1.43. The summed E-state index contributed by atoms with van der Waals surface area (Å²) < 4.78 is 6.06. The molecule has 8 nitrogen and oxygen atoms in total. The Bertz CT molecular complexity index is 1170. The third kappa shape index (κ3) is 3.17. The van der Waals surface area contributed by atoms with E-state index in [9.17, 15) is 24.6 Å². The first-order valence-electron chi connectivity index (χ1n) is 10.5. The predicted molar refractivity (Wildman–Crippen MR) is 118 cm³/mol. The van der Waals surface area contributed by atoms with Gasteiger partial charge in [-0.1, -0.05) is 60.2 Å². The lowest BCUT2D eigenvalue weighted by Gasteiger charge is -2.33. The molecule has 3 aliphatic heterocycles. The quantitative estimate of drug-likeness (QED) is 0.557. The van der Waals surface area contributed by atoms with Crippen LogP contribution in [0.3, 0.4) is 0 Å². The van der Waals surface area contributed by atoms with E-state index in [1.54, 1.807) is 30.4 Å². The molecule has 0 aliphatic carbocycles. The van der Waals surface area contributed by atoms with Crippen molar-refractivity contribution in [2.45, 2.75) is 30.9 Å². The normalized spacial score (nSPS) is 29.4. The standard InChI is InChI=1S/C24H21ClN2O6/c25-15-7-4-8-16(14(15)12-28)27-20(21(29)26-11-13-5-2-1-3-6-13)24-10-9-17(33-24)18(23(31)32)19(24)22(27)30/h1-10,17-20,28H,11-12H2,(H,26,29)(H,31,32)/t17-,18+,19+,20-,24+/m0/s1. The summed E-state index contributed by atoms with van der Waals surface area (Å²) >= 11 is 6.26. The number of ether oxygens (including phenoxy) is 1. The summed E-state index contributed by atoms with van der Waals surface area (Å²) in [4.78, 5) is 40.5. The van der Waals surface area contributed by atoms with E-state index >= 15 is 0 Å². The molecule has 2 fully saturated rings. The van der Waals surface area contributed by atoms with Gasteiger partial charge in [-0.15, -0.1) is 0 Å². The third-order valence-corrected chi connectivity index (χ3v) is 6.98. The number of carbonyl (C=O) groups is 3. The summed E-state index contributed by atoms with van der Waals surface area (Å²) in [5.41, 5.74) is -0.0378. The smallest absolute Gasteiger partial charge is 0.310 e. The number of carboxylic acid groups (broad SMARTS) is 1. The van der Waals surface area contributed by atoms with Gasteiger partial charge in [0, 0.05) is 17.1 Å². The number of anilines is 1. The van der Waals surface area contributed by atoms with Gasteiger partial charge < -0.3 is 20.3 Å². The second-order valence-electron chi connectivity index (χ2n) is 8.35. The molecule has 0 saturated carbocycles. The maximum atomic E-state index is 13.7. The number of fused-ring (bicyclic) bond motifs is 1. The van der Waals surface area contributed by atoms with E-state index in [4.69, 9.17) is 16.3 Å². The molecule has 0 unspecified atom stereocenters. The van der Waals surface area contributed by atoms with Gasteiger partial charge in [-0.3, -0.25) is 19.3 Å². The lowest BCUT2D eigenvalue weighted by atomic mass is 9.74. The van der Waals surface area contributed by atoms with Crippen molar-refractivity contribution in [1.82, 2.24) is 5.32 Å². The van der Waals surface area contributed by atoms with E-state index in [1.165, 1.54) is 4.90 Å². The molecule has 0 aromatic heterocycles. The third-order valence-electron chi connectivity index (χ3n) is 6.63. The Morgan fingerprint density at radius 1 is 1.15 bits per heavy atom. The van der Waals surface area contributed by atoms with Gasteiger partial charge in [-0.2, -0.15) is 0 Å². The van der Waals surface area contributed by atoms with Crippen LogP contribution in [0.5, 0.6) is 0 Å². The Morgan fingerprint density at radius 3 is 2.61 bits per heavy atom. The molecule has 5 rings (SSSR count). The second kappa shape index (κ2) is 7.98. The number of hydrogen-bond donors (Lipinski definition) is 3. The Hall–Kier alpha value is -3.20. The number of rotatable bonds is 6. The number of carbonyl (C=O) groups excluding carboxylic acids is 2. The van der Waals surface area contributed by atoms with E-state index in [2.05, 4.69) is 5.32 Å². The summed E-state index contributed by atoms with van der Waals surface area (Å²) in [6, 6.07) is 12.9. The summed E-state index contributed by atoms with van der Waals surface area (Å²) in [7, 11) is 0. The number of carboxylic acids is 1. The Labute approximate surface area is 194 Å². The van der Waals surface area contributed by atoms with Crippen LogP contribution in [-0.2, 0) is 32.3 Å². The number of halogens is 1. The van der Waals surface area contributed by atoms with Crippen molar-refractivity contribution < 1.29 is 29.3 Å². The van der Waals surface area contributed by atoms with Gasteiger partial charge >= 0.3 is 5.97 Å². The van der Waals surface area contributed by atoms with Crippen molar-refractivity contribution in [1.29, 1.82) is 0 Å². The van der Waals surface area contributed by atoms with E-state index in [0.717, 1.165) is 5.56 Å². The minimum Gasteiger partial charge on any atom is -0.481 e. The highest BCUT2D eigenvalue weighted by Crippen LogP contribution is 2.56. The van der Waals surface area contributed by atoms with Crippen LogP contribution >= 0.6 is 11.6 Å². The molecular weight excluding hydrogens is 448 g/mol. The van der Waals surface area contributed by atoms with Gasteiger partial charge in [-0.05, 0) is 17.7 Å². The molecule has 2 saturated heterocycles. The van der Waals surface area contributed by atoms with Gasteiger partial charge in [0.2, 0.25) is 11.8 Å². The zero-order chi connectivity index (χ0) is 23.3. The summed E-state index contributed by atoms with van der Waals surface area (Å²) in [6.07, 6.45) is 2.45. The average molecular weight is 469 g/mol. The van der Waals surface area contributed by atoms with Crippen LogP contribution in [0.15, 0.2) is 60.7 Å². The fraction of sp³-hybridized carbons (Fsp3) is 0.292. The van der Waals surface area contributed by atoms with E-state index < -0.39 is 54.0 Å². The van der Waals surface area contributed by atoms with Crippen molar-refractivity contribution >= 4 is 35.1 Å². The molecule has 2 amide bonds. The molecule has 9 heteroatoms. The number of aliphatic hydroxyl groups excluding tert-OH is 1. The fourth-order valence-corrected chi connectivity index (χ4v) is 5.45. The average Bonchev–Trinajstić information content (AvgIpc) is 3.45. The van der Waals surface area contributed by atoms with Gasteiger partial charge in [0.15, 0.2) is 0 Å². The zero-order valence-corrected chi connectivity index (χ0v) is 18.1. The van der Waals surface area contributed by atoms with E-state index in [-0.39, 0.29) is 22.8 Å². The minimum absolute atomic E-state index is 0.219. The van der Waals surface area contributed by atoms with Crippen molar-refractivity contribution in [3.05, 3.63) is 76.8 Å². The zero-order valence-electron chi connectivity index (χ0n) is 17.3. The molecule has 3 N–H and O–H groups in total. The van der Waals surface area contributed by atoms with Crippen LogP contribution < -0.4 is 10.2 Å². The fourth-order valence-electron chi connectivity index (χ4n) is 5.23. The van der Waals surface area contributed by atoms with Crippen molar-refractivity contribution in [2.75, 3.05) is 4.90 Å². The first-order chi connectivity index (χ1) is 15.9. The molecule has 170 valence electrons. The lowest BCUT2D eigenvalue weighted by Crippen LogP contribution is -2.54. The number of amides is 2. The van der Waals surface area contributed by atoms with Crippen molar-refractivity contribution in [2.24, 2.45) is 11.8 Å². The molecular formula is C24H21ClN2O6. The van der Waals surface area contributed by atoms with Gasteiger partial charge in [0.25, 0.3) is 0 Å². The molecule has 0 radical (unpaired) electrons. The molecule has 1 spiro atoms. The Balaban J connectivity index is 1.59. The molecule has 2 bridgehead atoms. The molecule has 33 heavy (non-hydrogen) atoms. The van der Waals surface area contributed by atoms with Gasteiger partial charge in [0.1, 0.15) is 17.6 Å². The Morgan fingerprint density at radius 2 is 1.91 bits per heavy atom. The van der Waals surface area contributed by atoms with Crippen LogP contribution in [0.2, 0.25) is 5.02 Å². The van der Waals surface area contributed by atoms with E-state index in [1.807, 2.05) is 30.3 Å². The maximum Gasteiger partial charge on any atom is 0.310 e. The van der Waals surface area contributed by atoms with Crippen LogP contribution in [-0.4, -0.2) is 45.7 Å². The number of benzene rings is 2. The number of nitrogens with zero attached hydrogens (tertiary/aromatic N) is 1. The van der Waals surface area contributed by atoms with Gasteiger partial charge in [-0.25, -0.2) is 0 Å². The Kier molecular flexibility index (Phi) is 5.23.